The summed E-state index contributed by atoms with van der Waals surface area (Å²) in [4.78, 5) is 23.1. The van der Waals surface area contributed by atoms with Gasteiger partial charge in [0.05, 0.1) is 12.8 Å². The van der Waals surface area contributed by atoms with Crippen LogP contribution in [0.4, 0.5) is 11.4 Å². The van der Waals surface area contributed by atoms with E-state index in [-0.39, 0.29) is 12.5 Å². The summed E-state index contributed by atoms with van der Waals surface area (Å²) in [5, 5.41) is 5.90. The maximum absolute atomic E-state index is 12.4. The van der Waals surface area contributed by atoms with E-state index in [1.54, 1.807) is 50.4 Å². The quantitative estimate of drug-likeness (QED) is 0.680. The molecule has 0 saturated heterocycles. The molecule has 0 aromatic heterocycles. The first kappa shape index (κ1) is 18.1. The van der Waals surface area contributed by atoms with Crippen LogP contribution in [0.1, 0.15) is 6.92 Å². The van der Waals surface area contributed by atoms with Crippen LogP contribution in [0, 0.1) is 0 Å². The summed E-state index contributed by atoms with van der Waals surface area (Å²) >= 11 is 0. The van der Waals surface area contributed by atoms with Crippen LogP contribution in [0.15, 0.2) is 48.5 Å². The second kappa shape index (κ2) is 8.58. The van der Waals surface area contributed by atoms with Gasteiger partial charge in [-0.1, -0.05) is 18.2 Å². The largest absolute Gasteiger partial charge is 0.495 e. The fourth-order valence-electron chi connectivity index (χ4n) is 2.13. The van der Waals surface area contributed by atoms with E-state index >= 15 is 0 Å². The van der Waals surface area contributed by atoms with Gasteiger partial charge >= 0.3 is 0 Å². The van der Waals surface area contributed by atoms with Crippen molar-refractivity contribution in [2.75, 3.05) is 24.4 Å². The average Bonchev–Trinajstić information content (AvgIpc) is 2.60. The smallest absolute Gasteiger partial charge is 0.255 e. The number of nitrogens with two attached hydrogens (primary N) is 1. The van der Waals surface area contributed by atoms with Crippen LogP contribution in [0.2, 0.25) is 0 Å². The third kappa shape index (κ3) is 5.42. The van der Waals surface area contributed by atoms with E-state index in [4.69, 9.17) is 15.2 Å². The van der Waals surface area contributed by atoms with E-state index in [9.17, 15) is 9.59 Å². The van der Waals surface area contributed by atoms with E-state index in [0.717, 1.165) is 0 Å². The predicted octanol–water partition coefficient (Wildman–Crippen LogP) is 2.00. The first-order chi connectivity index (χ1) is 12.0. The second-order valence-electron chi connectivity index (χ2n) is 5.34. The van der Waals surface area contributed by atoms with Crippen molar-refractivity contribution in [3.05, 3.63) is 48.5 Å². The highest BCUT2D eigenvalue weighted by atomic mass is 16.5. The molecule has 0 spiro atoms. The highest BCUT2D eigenvalue weighted by Crippen LogP contribution is 2.23. The minimum atomic E-state index is -0.553. The lowest BCUT2D eigenvalue weighted by Gasteiger charge is -2.17. The highest BCUT2D eigenvalue weighted by molar-refractivity contribution is 5.97. The fraction of sp³-hybridized carbons (Fsp3) is 0.222. The van der Waals surface area contributed by atoms with Crippen molar-refractivity contribution in [1.82, 2.24) is 0 Å². The molecule has 0 heterocycles. The Balaban J connectivity index is 1.99. The van der Waals surface area contributed by atoms with Gasteiger partial charge in [-0.15, -0.1) is 0 Å². The molecule has 0 radical (unpaired) electrons. The van der Waals surface area contributed by atoms with Crippen molar-refractivity contribution in [1.29, 1.82) is 0 Å². The Morgan fingerprint density at radius 3 is 2.64 bits per heavy atom. The summed E-state index contributed by atoms with van der Waals surface area (Å²) in [6.45, 7) is 1.54. The Morgan fingerprint density at radius 2 is 1.92 bits per heavy atom. The molecular formula is C18H21N3O4. The number of rotatable bonds is 8. The van der Waals surface area contributed by atoms with E-state index in [2.05, 4.69) is 10.6 Å². The zero-order valence-electron chi connectivity index (χ0n) is 14.1. The number of carbonyl (C=O) groups excluding carboxylic acids is 2. The molecule has 0 aliphatic carbocycles. The molecule has 0 bridgehead atoms. The molecule has 0 fully saturated rings. The third-order valence-corrected chi connectivity index (χ3v) is 3.36. The lowest BCUT2D eigenvalue weighted by molar-refractivity contribution is -0.120. The molecule has 7 heteroatoms. The van der Waals surface area contributed by atoms with Gasteiger partial charge in [-0.25, -0.2) is 0 Å². The van der Waals surface area contributed by atoms with Crippen molar-refractivity contribution in [3.8, 4) is 11.5 Å². The maximum atomic E-state index is 12.4. The van der Waals surface area contributed by atoms with Crippen LogP contribution in [0.5, 0.6) is 11.5 Å². The number of hydrogen-bond donors (Lipinski definition) is 3. The first-order valence-corrected chi connectivity index (χ1v) is 7.71. The van der Waals surface area contributed by atoms with Gasteiger partial charge in [0.1, 0.15) is 17.5 Å². The summed E-state index contributed by atoms with van der Waals surface area (Å²) < 4.78 is 10.5. The third-order valence-electron chi connectivity index (χ3n) is 3.36. The molecule has 132 valence electrons. The van der Waals surface area contributed by atoms with Crippen LogP contribution in [0.3, 0.4) is 0 Å². The summed E-state index contributed by atoms with van der Waals surface area (Å²) in [5.74, 6) is 0.307. The molecule has 0 aliphatic rings. The van der Waals surface area contributed by atoms with E-state index in [1.807, 2.05) is 12.1 Å². The number of nitrogens with one attached hydrogen (secondary N) is 2. The van der Waals surface area contributed by atoms with Gasteiger partial charge in [-0.05, 0) is 31.2 Å². The summed E-state index contributed by atoms with van der Waals surface area (Å²) in [5.41, 5.74) is 6.34. The lowest BCUT2D eigenvalue weighted by atomic mass is 10.2. The zero-order valence-corrected chi connectivity index (χ0v) is 14.1. The van der Waals surface area contributed by atoms with Gasteiger partial charge < -0.3 is 25.8 Å². The summed E-state index contributed by atoms with van der Waals surface area (Å²) in [7, 11) is 1.55. The number of amides is 2. The fourth-order valence-corrected chi connectivity index (χ4v) is 2.13. The Morgan fingerprint density at radius 1 is 1.16 bits per heavy atom. The molecule has 2 rings (SSSR count). The number of hydrogen-bond acceptors (Lipinski definition) is 5. The molecule has 0 aliphatic heterocycles. The first-order valence-electron chi connectivity index (χ1n) is 7.71. The van der Waals surface area contributed by atoms with Crippen LogP contribution in [-0.2, 0) is 9.59 Å². The lowest BCUT2D eigenvalue weighted by Crippen LogP contribution is -2.32. The number of anilines is 2. The maximum Gasteiger partial charge on any atom is 0.255 e. The van der Waals surface area contributed by atoms with Crippen molar-refractivity contribution < 1.29 is 19.1 Å². The molecular weight excluding hydrogens is 322 g/mol. The minimum Gasteiger partial charge on any atom is -0.495 e. The van der Waals surface area contributed by atoms with Gasteiger partial charge in [0.25, 0.3) is 5.91 Å². The van der Waals surface area contributed by atoms with Crippen molar-refractivity contribution >= 4 is 23.2 Å². The monoisotopic (exact) mass is 343 g/mol. The summed E-state index contributed by atoms with van der Waals surface area (Å²) in [6.07, 6.45) is 0. The Bertz CT molecular complexity index is 749. The SMILES string of the molecule is COc1ccccc1NC(=O)C(C)Nc1cccc(OCC(N)=O)c1. The average molecular weight is 343 g/mol. The van der Waals surface area contributed by atoms with Crippen molar-refractivity contribution in [2.24, 2.45) is 5.73 Å². The van der Waals surface area contributed by atoms with Gasteiger partial charge in [0, 0.05) is 11.8 Å². The van der Waals surface area contributed by atoms with E-state index < -0.39 is 11.9 Å². The molecule has 2 aromatic carbocycles. The van der Waals surface area contributed by atoms with Crippen LogP contribution >= 0.6 is 0 Å². The van der Waals surface area contributed by atoms with Crippen molar-refractivity contribution in [3.63, 3.8) is 0 Å². The summed E-state index contributed by atoms with van der Waals surface area (Å²) in [6, 6.07) is 13.6. The normalized spacial score (nSPS) is 11.3. The molecule has 4 N–H and O–H groups in total. The Labute approximate surface area is 146 Å². The van der Waals surface area contributed by atoms with Crippen LogP contribution < -0.4 is 25.8 Å². The van der Waals surface area contributed by atoms with Crippen LogP contribution in [0.25, 0.3) is 0 Å². The topological polar surface area (TPSA) is 103 Å². The molecule has 1 unspecified atom stereocenters. The predicted molar refractivity (Wildman–Crippen MR) is 95.8 cm³/mol. The second-order valence-corrected chi connectivity index (χ2v) is 5.34. The number of carbonyl (C=O) groups is 2. The number of primary amides is 1. The zero-order chi connectivity index (χ0) is 18.2. The van der Waals surface area contributed by atoms with Gasteiger partial charge in [0.2, 0.25) is 5.91 Å². The molecule has 0 saturated carbocycles. The Kier molecular flexibility index (Phi) is 6.22. The number of methoxy groups -OCH3 is 1. The van der Waals surface area contributed by atoms with Crippen molar-refractivity contribution in [2.45, 2.75) is 13.0 Å². The van der Waals surface area contributed by atoms with E-state index in [1.165, 1.54) is 0 Å². The Hall–Kier alpha value is -3.22. The van der Waals surface area contributed by atoms with Gasteiger partial charge in [-0.3, -0.25) is 9.59 Å². The molecule has 1 atom stereocenters. The molecule has 25 heavy (non-hydrogen) atoms. The molecule has 7 nitrogen and oxygen atoms in total. The highest BCUT2D eigenvalue weighted by Gasteiger charge is 2.15. The van der Waals surface area contributed by atoms with E-state index in [0.29, 0.717) is 22.9 Å². The van der Waals surface area contributed by atoms with Gasteiger partial charge in [-0.2, -0.15) is 0 Å². The molecule has 2 amide bonds. The van der Waals surface area contributed by atoms with Crippen LogP contribution in [-0.4, -0.2) is 31.6 Å². The molecule has 2 aromatic rings. The number of para-hydroxylation sites is 2. The number of ether oxygens (including phenoxy) is 2. The number of benzene rings is 2. The minimum absolute atomic E-state index is 0.201. The standard InChI is InChI=1S/C18H21N3O4/c1-12(18(23)21-15-8-3-4-9-16(15)24-2)20-13-6-5-7-14(10-13)25-11-17(19)22/h3-10,12,20H,11H2,1-2H3,(H2,19,22)(H,21,23). The van der Waals surface area contributed by atoms with Gasteiger partial charge in [0.15, 0.2) is 6.61 Å².